The van der Waals surface area contributed by atoms with Crippen LogP contribution < -0.4 is 10.6 Å². The second-order valence-corrected chi connectivity index (χ2v) is 11.6. The van der Waals surface area contributed by atoms with E-state index in [1.165, 1.54) is 12.1 Å². The second-order valence-electron chi connectivity index (χ2n) is 11.6. The van der Waals surface area contributed by atoms with Crippen molar-refractivity contribution in [1.82, 2.24) is 35.0 Å². The lowest BCUT2D eigenvalue weighted by Crippen LogP contribution is -2.20. The van der Waals surface area contributed by atoms with Gasteiger partial charge in [0.1, 0.15) is 11.5 Å². The number of pyridine rings is 3. The Hall–Kier alpha value is -5.16. The number of carbonyl (C=O) groups excluding carboxylic acids is 1. The summed E-state index contributed by atoms with van der Waals surface area (Å²) in [7, 11) is 4.00. The van der Waals surface area contributed by atoms with Crippen LogP contribution in [0.2, 0.25) is 0 Å². The van der Waals surface area contributed by atoms with Crippen LogP contribution in [0, 0.1) is 11.7 Å². The predicted molar refractivity (Wildman–Crippen MR) is 173 cm³/mol. The molecule has 10 nitrogen and oxygen atoms in total. The van der Waals surface area contributed by atoms with Crippen molar-refractivity contribution >= 4 is 39.1 Å². The lowest BCUT2D eigenvalue weighted by molar-refractivity contribution is -0.116. The molecule has 0 aliphatic rings. The van der Waals surface area contributed by atoms with Crippen molar-refractivity contribution in [2.75, 3.05) is 37.8 Å². The van der Waals surface area contributed by atoms with Crippen molar-refractivity contribution < 1.29 is 9.18 Å². The quantitative estimate of drug-likeness (QED) is 0.147. The second kappa shape index (κ2) is 12.2. The number of hydrogen-bond acceptors (Lipinski definition) is 7. The van der Waals surface area contributed by atoms with Crippen LogP contribution in [-0.2, 0) is 4.79 Å². The molecule has 224 valence electrons. The van der Waals surface area contributed by atoms with E-state index in [9.17, 15) is 9.18 Å². The highest BCUT2D eigenvalue weighted by Crippen LogP contribution is 2.35. The van der Waals surface area contributed by atoms with E-state index < -0.39 is 0 Å². The maximum atomic E-state index is 14.7. The summed E-state index contributed by atoms with van der Waals surface area (Å²) < 4.78 is 14.7. The number of aromatic amines is 2. The maximum Gasteiger partial charge on any atom is 0.224 e. The first-order chi connectivity index (χ1) is 21.2. The number of nitrogens with zero attached hydrogens (tertiary/aromatic N) is 5. The van der Waals surface area contributed by atoms with E-state index in [2.05, 4.69) is 45.7 Å². The Morgan fingerprint density at radius 3 is 2.55 bits per heavy atom. The molecule has 0 unspecified atom stereocenters. The molecule has 0 saturated heterocycles. The van der Waals surface area contributed by atoms with Crippen molar-refractivity contribution in [2.24, 2.45) is 5.92 Å². The molecular weight excluding hydrogens is 557 g/mol. The standard InChI is InChI=1S/C33H34FN9O/c1-19(2)7-32(44)39-24-10-21(14-35-15-24)28-13-26-31(18-38-28)41-42-33(26)29-12-25-27(16-36-17-30(25)40-29)20-8-22(34)11-23(9-20)37-5-6-43(3)4/h8-19,37,40H,5-7H2,1-4H3,(H,39,44)(H,41,42). The van der Waals surface area contributed by atoms with Crippen molar-refractivity contribution in [3.8, 4) is 33.8 Å². The van der Waals surface area contributed by atoms with Gasteiger partial charge in [-0.3, -0.25) is 24.8 Å². The topological polar surface area (TPSA) is 128 Å². The number of rotatable bonds is 10. The Kier molecular flexibility index (Phi) is 8.03. The minimum absolute atomic E-state index is 0.0535. The Bertz CT molecular complexity index is 1960. The third-order valence-corrected chi connectivity index (χ3v) is 7.26. The average Bonchev–Trinajstić information content (AvgIpc) is 3.60. The summed E-state index contributed by atoms with van der Waals surface area (Å²) in [5.74, 6) is -0.117. The minimum Gasteiger partial charge on any atom is -0.384 e. The van der Waals surface area contributed by atoms with Gasteiger partial charge in [-0.05, 0) is 62.0 Å². The van der Waals surface area contributed by atoms with Crippen molar-refractivity contribution in [2.45, 2.75) is 20.3 Å². The summed E-state index contributed by atoms with van der Waals surface area (Å²) >= 11 is 0. The Balaban J connectivity index is 1.33. The van der Waals surface area contributed by atoms with E-state index >= 15 is 0 Å². The molecule has 0 spiro atoms. The molecule has 4 N–H and O–H groups in total. The van der Waals surface area contributed by atoms with Gasteiger partial charge in [0.05, 0.1) is 46.7 Å². The smallest absolute Gasteiger partial charge is 0.224 e. The number of amides is 1. The first kappa shape index (κ1) is 28.9. The van der Waals surface area contributed by atoms with Crippen LogP contribution in [-0.4, -0.2) is 68.1 Å². The van der Waals surface area contributed by atoms with Gasteiger partial charge in [-0.2, -0.15) is 5.10 Å². The highest BCUT2D eigenvalue weighted by atomic mass is 19.1. The zero-order valence-electron chi connectivity index (χ0n) is 25.1. The molecule has 0 bridgehead atoms. The first-order valence-electron chi connectivity index (χ1n) is 14.5. The van der Waals surface area contributed by atoms with Crippen molar-refractivity contribution in [3.63, 3.8) is 0 Å². The molecule has 5 heterocycles. The summed E-state index contributed by atoms with van der Waals surface area (Å²) in [6.45, 7) is 5.53. The number of likely N-dealkylation sites (N-methyl/N-ethyl adjacent to an activating group) is 1. The Morgan fingerprint density at radius 2 is 1.73 bits per heavy atom. The molecule has 0 fully saturated rings. The molecule has 0 atom stereocenters. The highest BCUT2D eigenvalue weighted by molar-refractivity contribution is 6.01. The Morgan fingerprint density at radius 1 is 0.909 bits per heavy atom. The van der Waals surface area contributed by atoms with Crippen molar-refractivity contribution in [1.29, 1.82) is 0 Å². The fourth-order valence-electron chi connectivity index (χ4n) is 5.19. The molecule has 6 aromatic rings. The van der Waals surface area contributed by atoms with Gasteiger partial charge in [-0.1, -0.05) is 13.8 Å². The maximum absolute atomic E-state index is 14.7. The van der Waals surface area contributed by atoms with Crippen LogP contribution in [0.1, 0.15) is 20.3 Å². The zero-order valence-corrected chi connectivity index (χ0v) is 25.1. The number of carbonyl (C=O) groups is 1. The molecule has 5 aromatic heterocycles. The van der Waals surface area contributed by atoms with Crippen LogP contribution in [0.4, 0.5) is 15.8 Å². The normalized spacial score (nSPS) is 11.6. The van der Waals surface area contributed by atoms with Gasteiger partial charge in [0, 0.05) is 59.5 Å². The number of nitrogens with one attached hydrogen (secondary N) is 4. The SMILES string of the molecule is CC(C)CC(=O)Nc1cncc(-c2cc3c(-c4cc5c(-c6cc(F)cc(NCCN(C)C)c6)cncc5[nH]4)n[nH]c3cn2)c1. The number of fused-ring (bicyclic) bond motifs is 2. The van der Waals surface area contributed by atoms with Gasteiger partial charge in [0.2, 0.25) is 5.91 Å². The molecule has 6 rings (SSSR count). The number of anilines is 2. The van der Waals surface area contributed by atoms with E-state index in [0.717, 1.165) is 50.7 Å². The molecule has 0 aliphatic heterocycles. The number of halogens is 1. The number of hydrogen-bond donors (Lipinski definition) is 4. The predicted octanol–water partition coefficient (Wildman–Crippen LogP) is 6.33. The largest absolute Gasteiger partial charge is 0.384 e. The van der Waals surface area contributed by atoms with E-state index in [1.54, 1.807) is 31.0 Å². The number of aromatic nitrogens is 6. The summed E-state index contributed by atoms with van der Waals surface area (Å²) in [6.07, 6.45) is 9.02. The lowest BCUT2D eigenvalue weighted by Gasteiger charge is -2.13. The van der Waals surface area contributed by atoms with Gasteiger partial charge < -0.3 is 20.5 Å². The van der Waals surface area contributed by atoms with Gasteiger partial charge in [-0.15, -0.1) is 0 Å². The molecule has 1 amide bonds. The monoisotopic (exact) mass is 591 g/mol. The fraction of sp³-hybridized carbons (Fsp3) is 0.242. The highest BCUT2D eigenvalue weighted by Gasteiger charge is 2.16. The minimum atomic E-state index is -0.320. The van der Waals surface area contributed by atoms with Gasteiger partial charge in [-0.25, -0.2) is 4.39 Å². The van der Waals surface area contributed by atoms with Crippen molar-refractivity contribution in [3.05, 3.63) is 73.2 Å². The summed E-state index contributed by atoms with van der Waals surface area (Å²) in [4.78, 5) is 31.2. The summed E-state index contributed by atoms with van der Waals surface area (Å²) in [5, 5.41) is 15.7. The lowest BCUT2D eigenvalue weighted by atomic mass is 10.0. The summed E-state index contributed by atoms with van der Waals surface area (Å²) in [6, 6.07) is 10.8. The van der Waals surface area contributed by atoms with Gasteiger partial charge in [0.15, 0.2) is 0 Å². The van der Waals surface area contributed by atoms with E-state index in [1.807, 2.05) is 52.2 Å². The van der Waals surface area contributed by atoms with E-state index in [-0.39, 0.29) is 17.6 Å². The van der Waals surface area contributed by atoms with Crippen LogP contribution in [0.3, 0.4) is 0 Å². The van der Waals surface area contributed by atoms with Crippen LogP contribution in [0.15, 0.2) is 67.4 Å². The number of benzene rings is 1. The van der Waals surface area contributed by atoms with Crippen LogP contribution in [0.5, 0.6) is 0 Å². The third-order valence-electron chi connectivity index (χ3n) is 7.26. The van der Waals surface area contributed by atoms with E-state index in [0.29, 0.717) is 35.7 Å². The third kappa shape index (κ3) is 6.28. The summed E-state index contributed by atoms with van der Waals surface area (Å²) in [5.41, 5.74) is 7.41. The van der Waals surface area contributed by atoms with E-state index in [4.69, 9.17) is 0 Å². The fourth-order valence-corrected chi connectivity index (χ4v) is 5.19. The molecule has 0 radical (unpaired) electrons. The molecule has 0 aliphatic carbocycles. The Labute approximate surface area is 254 Å². The molecule has 0 saturated carbocycles. The molecular formula is C33H34FN9O. The zero-order chi connectivity index (χ0) is 30.8. The van der Waals surface area contributed by atoms with Crippen LogP contribution >= 0.6 is 0 Å². The molecule has 44 heavy (non-hydrogen) atoms. The first-order valence-corrected chi connectivity index (χ1v) is 14.5. The number of H-pyrrole nitrogens is 2. The van der Waals surface area contributed by atoms with Crippen LogP contribution in [0.25, 0.3) is 55.6 Å². The molecule has 11 heteroatoms. The van der Waals surface area contributed by atoms with Gasteiger partial charge >= 0.3 is 0 Å². The average molecular weight is 592 g/mol. The van der Waals surface area contributed by atoms with Gasteiger partial charge in [0.25, 0.3) is 0 Å². The molecule has 1 aromatic carbocycles.